The Bertz CT molecular complexity index is 571. The van der Waals surface area contributed by atoms with Crippen molar-refractivity contribution in [3.8, 4) is 5.88 Å². The predicted octanol–water partition coefficient (Wildman–Crippen LogP) is 3.08. The maximum absolute atomic E-state index is 5.76. The molecule has 4 nitrogen and oxygen atoms in total. The SMILES string of the molecule is Cc1ccc(CN2CCCC(COc3cnccn3)C2)cc1. The van der Waals surface area contributed by atoms with Crippen LogP contribution in [-0.4, -0.2) is 34.6 Å². The molecule has 22 heavy (non-hydrogen) atoms. The molecule has 1 atom stereocenters. The van der Waals surface area contributed by atoms with Crippen LogP contribution in [0.1, 0.15) is 24.0 Å². The van der Waals surface area contributed by atoms with Crippen LogP contribution in [0.3, 0.4) is 0 Å². The third-order valence-corrected chi connectivity index (χ3v) is 4.14. The van der Waals surface area contributed by atoms with Crippen LogP contribution in [-0.2, 0) is 6.54 Å². The van der Waals surface area contributed by atoms with Crippen molar-refractivity contribution >= 4 is 0 Å². The van der Waals surface area contributed by atoms with Gasteiger partial charge in [0.05, 0.1) is 12.8 Å². The van der Waals surface area contributed by atoms with Gasteiger partial charge in [-0.1, -0.05) is 29.8 Å². The smallest absolute Gasteiger partial charge is 0.232 e. The molecule has 1 aromatic heterocycles. The molecule has 0 saturated carbocycles. The van der Waals surface area contributed by atoms with Crippen molar-refractivity contribution in [2.45, 2.75) is 26.3 Å². The van der Waals surface area contributed by atoms with Crippen LogP contribution in [0, 0.1) is 12.8 Å². The number of aryl methyl sites for hydroxylation is 1. The van der Waals surface area contributed by atoms with Crippen molar-refractivity contribution < 1.29 is 4.74 Å². The van der Waals surface area contributed by atoms with E-state index in [1.54, 1.807) is 18.6 Å². The van der Waals surface area contributed by atoms with Crippen LogP contribution in [0.25, 0.3) is 0 Å². The molecular weight excluding hydrogens is 274 g/mol. The third kappa shape index (κ3) is 4.28. The minimum Gasteiger partial charge on any atom is -0.476 e. The molecule has 2 heterocycles. The second-order valence-corrected chi connectivity index (χ2v) is 6.08. The van der Waals surface area contributed by atoms with Crippen LogP contribution in [0.2, 0.25) is 0 Å². The van der Waals surface area contributed by atoms with Crippen molar-refractivity contribution in [2.75, 3.05) is 19.7 Å². The van der Waals surface area contributed by atoms with Crippen molar-refractivity contribution in [3.63, 3.8) is 0 Å². The zero-order valence-corrected chi connectivity index (χ0v) is 13.1. The fourth-order valence-corrected chi connectivity index (χ4v) is 2.95. The lowest BCUT2D eigenvalue weighted by atomic mass is 9.98. The lowest BCUT2D eigenvalue weighted by Gasteiger charge is -2.32. The summed E-state index contributed by atoms with van der Waals surface area (Å²) >= 11 is 0. The molecule has 1 aliphatic rings. The first kappa shape index (κ1) is 15.0. The molecular formula is C18H23N3O. The average Bonchev–Trinajstić information content (AvgIpc) is 2.57. The first-order chi connectivity index (χ1) is 10.8. The summed E-state index contributed by atoms with van der Waals surface area (Å²) in [6.45, 7) is 6.15. The van der Waals surface area contributed by atoms with Gasteiger partial charge in [-0.3, -0.25) is 9.88 Å². The molecule has 1 fully saturated rings. The van der Waals surface area contributed by atoms with Gasteiger partial charge in [-0.15, -0.1) is 0 Å². The largest absolute Gasteiger partial charge is 0.476 e. The van der Waals surface area contributed by atoms with Gasteiger partial charge < -0.3 is 4.74 Å². The topological polar surface area (TPSA) is 38.2 Å². The molecule has 0 aliphatic carbocycles. The van der Waals surface area contributed by atoms with Gasteiger partial charge in [0.15, 0.2) is 0 Å². The summed E-state index contributed by atoms with van der Waals surface area (Å²) in [7, 11) is 0. The van der Waals surface area contributed by atoms with E-state index < -0.39 is 0 Å². The third-order valence-electron chi connectivity index (χ3n) is 4.14. The fraction of sp³-hybridized carbons (Fsp3) is 0.444. The minimum atomic E-state index is 0.571. The second-order valence-electron chi connectivity index (χ2n) is 6.08. The van der Waals surface area contributed by atoms with E-state index in [1.807, 2.05) is 0 Å². The van der Waals surface area contributed by atoms with E-state index in [9.17, 15) is 0 Å². The predicted molar refractivity (Wildman–Crippen MR) is 86.7 cm³/mol. The molecule has 1 aromatic carbocycles. The molecule has 1 aliphatic heterocycles. The first-order valence-corrected chi connectivity index (χ1v) is 7.96. The quantitative estimate of drug-likeness (QED) is 0.850. The highest BCUT2D eigenvalue weighted by atomic mass is 16.5. The molecule has 116 valence electrons. The Labute approximate surface area is 132 Å². The van der Waals surface area contributed by atoms with Crippen LogP contribution < -0.4 is 4.74 Å². The zero-order valence-electron chi connectivity index (χ0n) is 13.1. The van der Waals surface area contributed by atoms with E-state index in [0.29, 0.717) is 11.8 Å². The lowest BCUT2D eigenvalue weighted by Crippen LogP contribution is -2.37. The molecule has 1 saturated heterocycles. The van der Waals surface area contributed by atoms with Gasteiger partial charge in [-0.25, -0.2) is 4.98 Å². The summed E-state index contributed by atoms with van der Waals surface area (Å²) in [4.78, 5) is 10.7. The Morgan fingerprint density at radius 2 is 2.09 bits per heavy atom. The molecule has 0 radical (unpaired) electrons. The number of benzene rings is 1. The number of likely N-dealkylation sites (tertiary alicyclic amines) is 1. The standard InChI is InChI=1S/C18H23N3O/c1-15-4-6-16(7-5-15)12-21-10-2-3-17(13-21)14-22-18-11-19-8-9-20-18/h4-9,11,17H,2-3,10,12-14H2,1H3. The van der Waals surface area contributed by atoms with Crippen molar-refractivity contribution in [2.24, 2.45) is 5.92 Å². The van der Waals surface area contributed by atoms with Gasteiger partial charge >= 0.3 is 0 Å². The maximum Gasteiger partial charge on any atom is 0.232 e. The molecule has 0 N–H and O–H groups in total. The van der Waals surface area contributed by atoms with E-state index in [-0.39, 0.29) is 0 Å². The molecule has 2 aromatic rings. The number of hydrogen-bond acceptors (Lipinski definition) is 4. The summed E-state index contributed by atoms with van der Waals surface area (Å²) < 4.78 is 5.76. The van der Waals surface area contributed by atoms with E-state index in [1.165, 1.54) is 30.5 Å². The molecule has 0 bridgehead atoms. The van der Waals surface area contributed by atoms with Crippen LogP contribution in [0.5, 0.6) is 5.88 Å². The highest BCUT2D eigenvalue weighted by Crippen LogP contribution is 2.19. The number of rotatable bonds is 5. The lowest BCUT2D eigenvalue weighted by molar-refractivity contribution is 0.123. The van der Waals surface area contributed by atoms with Crippen molar-refractivity contribution in [1.29, 1.82) is 0 Å². The van der Waals surface area contributed by atoms with E-state index >= 15 is 0 Å². The average molecular weight is 297 g/mol. The summed E-state index contributed by atoms with van der Waals surface area (Å²) in [5.41, 5.74) is 2.71. The van der Waals surface area contributed by atoms with Gasteiger partial charge in [0.1, 0.15) is 0 Å². The number of nitrogens with zero attached hydrogens (tertiary/aromatic N) is 3. The fourth-order valence-electron chi connectivity index (χ4n) is 2.95. The summed E-state index contributed by atoms with van der Waals surface area (Å²) in [6.07, 6.45) is 7.47. The molecule has 1 unspecified atom stereocenters. The van der Waals surface area contributed by atoms with E-state index in [4.69, 9.17) is 4.74 Å². The monoisotopic (exact) mass is 297 g/mol. The minimum absolute atomic E-state index is 0.571. The Morgan fingerprint density at radius 1 is 1.23 bits per heavy atom. The van der Waals surface area contributed by atoms with Crippen molar-refractivity contribution in [1.82, 2.24) is 14.9 Å². The zero-order chi connectivity index (χ0) is 15.2. The molecule has 4 heteroatoms. The van der Waals surface area contributed by atoms with Gasteiger partial charge in [0.2, 0.25) is 5.88 Å². The Hall–Kier alpha value is -1.94. The summed E-state index contributed by atoms with van der Waals surface area (Å²) in [5, 5.41) is 0. The molecule has 0 spiro atoms. The highest BCUT2D eigenvalue weighted by molar-refractivity contribution is 5.21. The van der Waals surface area contributed by atoms with Crippen LogP contribution in [0.4, 0.5) is 0 Å². The molecule has 0 amide bonds. The second kappa shape index (κ2) is 7.36. The van der Waals surface area contributed by atoms with E-state index in [2.05, 4.69) is 46.1 Å². The van der Waals surface area contributed by atoms with Gasteiger partial charge in [-0.05, 0) is 31.9 Å². The normalized spacial score (nSPS) is 19.0. The molecule has 3 rings (SSSR count). The number of hydrogen-bond donors (Lipinski definition) is 0. The number of aromatic nitrogens is 2. The Morgan fingerprint density at radius 3 is 2.86 bits per heavy atom. The summed E-state index contributed by atoms with van der Waals surface area (Å²) in [5.74, 6) is 1.19. The van der Waals surface area contributed by atoms with Gasteiger partial charge in [-0.2, -0.15) is 0 Å². The maximum atomic E-state index is 5.76. The van der Waals surface area contributed by atoms with Gasteiger partial charge in [0, 0.05) is 31.4 Å². The van der Waals surface area contributed by atoms with E-state index in [0.717, 1.165) is 19.7 Å². The van der Waals surface area contributed by atoms with Gasteiger partial charge in [0.25, 0.3) is 0 Å². The number of ether oxygens (including phenoxy) is 1. The van der Waals surface area contributed by atoms with Crippen LogP contribution in [0.15, 0.2) is 42.9 Å². The number of piperidine rings is 1. The summed E-state index contributed by atoms with van der Waals surface area (Å²) in [6, 6.07) is 8.84. The Balaban J connectivity index is 1.49. The highest BCUT2D eigenvalue weighted by Gasteiger charge is 2.20. The first-order valence-electron chi connectivity index (χ1n) is 7.96. The van der Waals surface area contributed by atoms with Crippen molar-refractivity contribution in [3.05, 3.63) is 54.0 Å². The Kier molecular flexibility index (Phi) is 5.01. The van der Waals surface area contributed by atoms with Crippen LogP contribution >= 0.6 is 0 Å².